The Morgan fingerprint density at radius 1 is 1.26 bits per heavy atom. The van der Waals surface area contributed by atoms with E-state index >= 15 is 0 Å². The van der Waals surface area contributed by atoms with Gasteiger partial charge >= 0.3 is 0 Å². The molecule has 102 valence electrons. The van der Waals surface area contributed by atoms with Crippen LogP contribution in [0.2, 0.25) is 0 Å². The van der Waals surface area contributed by atoms with Gasteiger partial charge in [0.05, 0.1) is 11.6 Å². The molecular formula is C16H22N2O. The van der Waals surface area contributed by atoms with Gasteiger partial charge < -0.3 is 10.1 Å². The number of aryl methyl sites for hydroxylation is 1. The molecule has 0 fully saturated rings. The molecule has 1 heterocycles. The van der Waals surface area contributed by atoms with E-state index in [2.05, 4.69) is 29.4 Å². The molecule has 1 N–H and O–H groups in total. The molecule has 0 saturated carbocycles. The lowest BCUT2D eigenvalue weighted by atomic mass is 10.1. The lowest BCUT2D eigenvalue weighted by Gasteiger charge is -2.12. The van der Waals surface area contributed by atoms with E-state index in [4.69, 9.17) is 4.74 Å². The summed E-state index contributed by atoms with van der Waals surface area (Å²) in [5.41, 5.74) is 3.44. The number of fused-ring (bicyclic) bond motifs is 1. The molecule has 2 aromatic rings. The highest BCUT2D eigenvalue weighted by Gasteiger charge is 2.05. The molecule has 0 saturated heterocycles. The molecule has 0 aliphatic heterocycles. The van der Waals surface area contributed by atoms with Crippen LogP contribution in [0.15, 0.2) is 24.3 Å². The van der Waals surface area contributed by atoms with E-state index in [1.54, 1.807) is 0 Å². The average Bonchev–Trinajstić information content (AvgIpc) is 2.36. The SMILES string of the molecule is CNCCc1cc2cc(OC(C)C)ccc2nc1C. The number of aromatic nitrogens is 1. The van der Waals surface area contributed by atoms with Crippen molar-refractivity contribution in [3.05, 3.63) is 35.5 Å². The van der Waals surface area contributed by atoms with Gasteiger partial charge in [0.15, 0.2) is 0 Å². The number of nitrogens with one attached hydrogen (secondary N) is 1. The molecule has 1 aromatic heterocycles. The summed E-state index contributed by atoms with van der Waals surface area (Å²) in [7, 11) is 1.97. The van der Waals surface area contributed by atoms with E-state index in [9.17, 15) is 0 Å². The van der Waals surface area contributed by atoms with Gasteiger partial charge in [-0.15, -0.1) is 0 Å². The normalized spacial score (nSPS) is 11.2. The lowest BCUT2D eigenvalue weighted by molar-refractivity contribution is 0.243. The van der Waals surface area contributed by atoms with Gasteiger partial charge in [-0.25, -0.2) is 0 Å². The molecule has 19 heavy (non-hydrogen) atoms. The molecule has 3 heteroatoms. The van der Waals surface area contributed by atoms with Gasteiger partial charge in [0.2, 0.25) is 0 Å². The van der Waals surface area contributed by atoms with Crippen molar-refractivity contribution in [3.8, 4) is 5.75 Å². The summed E-state index contributed by atoms with van der Waals surface area (Å²) in [4.78, 5) is 4.67. The first-order valence-electron chi connectivity index (χ1n) is 6.81. The zero-order valence-corrected chi connectivity index (χ0v) is 12.2. The summed E-state index contributed by atoms with van der Waals surface area (Å²) in [6.07, 6.45) is 1.19. The van der Waals surface area contributed by atoms with Gasteiger partial charge in [-0.3, -0.25) is 4.98 Å². The summed E-state index contributed by atoms with van der Waals surface area (Å²) in [6.45, 7) is 7.12. The Hall–Kier alpha value is -1.61. The van der Waals surface area contributed by atoms with Crippen molar-refractivity contribution in [1.29, 1.82) is 0 Å². The summed E-state index contributed by atoms with van der Waals surface area (Å²) >= 11 is 0. The second-order valence-electron chi connectivity index (χ2n) is 5.11. The summed E-state index contributed by atoms with van der Waals surface area (Å²) in [6, 6.07) is 8.32. The van der Waals surface area contributed by atoms with Gasteiger partial charge in [-0.1, -0.05) is 0 Å². The Bertz CT molecular complexity index is 564. The van der Waals surface area contributed by atoms with Crippen LogP contribution in [0.3, 0.4) is 0 Å². The van der Waals surface area contributed by atoms with Crippen LogP contribution in [0.4, 0.5) is 0 Å². The van der Waals surface area contributed by atoms with Crippen molar-refractivity contribution >= 4 is 10.9 Å². The van der Waals surface area contributed by atoms with Gasteiger partial charge in [0, 0.05) is 11.1 Å². The molecule has 0 atom stereocenters. The van der Waals surface area contributed by atoms with Crippen LogP contribution >= 0.6 is 0 Å². The average molecular weight is 258 g/mol. The number of likely N-dealkylation sites (N-methyl/N-ethyl adjacent to an activating group) is 1. The monoisotopic (exact) mass is 258 g/mol. The first-order chi connectivity index (χ1) is 9.10. The number of rotatable bonds is 5. The molecule has 3 nitrogen and oxygen atoms in total. The molecule has 0 amide bonds. The highest BCUT2D eigenvalue weighted by atomic mass is 16.5. The number of hydrogen-bond acceptors (Lipinski definition) is 3. The molecule has 0 radical (unpaired) electrons. The van der Waals surface area contributed by atoms with Gasteiger partial charge in [0.25, 0.3) is 0 Å². The van der Waals surface area contributed by atoms with Crippen LogP contribution in [0.25, 0.3) is 10.9 Å². The van der Waals surface area contributed by atoms with Gasteiger partial charge in [-0.2, -0.15) is 0 Å². The zero-order chi connectivity index (χ0) is 13.8. The summed E-state index contributed by atoms with van der Waals surface area (Å²) in [5, 5.41) is 4.32. The number of ether oxygens (including phenoxy) is 1. The molecule has 2 rings (SSSR count). The minimum atomic E-state index is 0.194. The third-order valence-electron chi connectivity index (χ3n) is 3.10. The Morgan fingerprint density at radius 3 is 2.74 bits per heavy atom. The highest BCUT2D eigenvalue weighted by molar-refractivity contribution is 5.81. The maximum absolute atomic E-state index is 5.73. The molecular weight excluding hydrogens is 236 g/mol. The van der Waals surface area contributed by atoms with Crippen LogP contribution in [-0.2, 0) is 6.42 Å². The number of benzene rings is 1. The summed E-state index contributed by atoms with van der Waals surface area (Å²) in [5.74, 6) is 0.910. The Kier molecular flexibility index (Phi) is 4.38. The van der Waals surface area contributed by atoms with Crippen molar-refractivity contribution in [1.82, 2.24) is 10.3 Å². The summed E-state index contributed by atoms with van der Waals surface area (Å²) < 4.78 is 5.73. The minimum Gasteiger partial charge on any atom is -0.491 e. The zero-order valence-electron chi connectivity index (χ0n) is 12.2. The van der Waals surface area contributed by atoms with Crippen LogP contribution in [-0.4, -0.2) is 24.7 Å². The molecule has 0 spiro atoms. The highest BCUT2D eigenvalue weighted by Crippen LogP contribution is 2.23. The standard InChI is InChI=1S/C16H22N2O/c1-11(2)19-15-5-6-16-14(10-15)9-13(7-8-17-4)12(3)18-16/h5-6,9-11,17H,7-8H2,1-4H3. The minimum absolute atomic E-state index is 0.194. The third-order valence-corrected chi connectivity index (χ3v) is 3.10. The fraction of sp³-hybridized carbons (Fsp3) is 0.438. The quantitative estimate of drug-likeness (QED) is 0.895. The predicted molar refractivity (Wildman–Crippen MR) is 79.9 cm³/mol. The fourth-order valence-electron chi connectivity index (χ4n) is 2.15. The molecule has 0 aliphatic carbocycles. The van der Waals surface area contributed by atoms with Crippen LogP contribution < -0.4 is 10.1 Å². The van der Waals surface area contributed by atoms with Crippen LogP contribution in [0.5, 0.6) is 5.75 Å². The Balaban J connectivity index is 2.37. The number of nitrogens with zero attached hydrogens (tertiary/aromatic N) is 1. The Morgan fingerprint density at radius 2 is 2.05 bits per heavy atom. The molecule has 0 unspecified atom stereocenters. The van der Waals surface area contributed by atoms with E-state index in [-0.39, 0.29) is 6.10 Å². The number of pyridine rings is 1. The fourth-order valence-corrected chi connectivity index (χ4v) is 2.15. The van der Waals surface area contributed by atoms with Gasteiger partial charge in [-0.05, 0) is 70.6 Å². The van der Waals surface area contributed by atoms with Crippen LogP contribution in [0, 0.1) is 6.92 Å². The van der Waals surface area contributed by atoms with Crippen molar-refractivity contribution in [3.63, 3.8) is 0 Å². The second kappa shape index (κ2) is 6.02. The largest absolute Gasteiger partial charge is 0.491 e. The van der Waals surface area contributed by atoms with Crippen molar-refractivity contribution in [2.75, 3.05) is 13.6 Å². The van der Waals surface area contributed by atoms with Crippen molar-refractivity contribution < 1.29 is 4.74 Å². The lowest BCUT2D eigenvalue weighted by Crippen LogP contribution is -2.11. The van der Waals surface area contributed by atoms with E-state index in [0.29, 0.717) is 0 Å². The van der Waals surface area contributed by atoms with E-state index < -0.39 is 0 Å². The maximum atomic E-state index is 5.73. The van der Waals surface area contributed by atoms with Gasteiger partial charge in [0.1, 0.15) is 5.75 Å². The number of hydrogen-bond donors (Lipinski definition) is 1. The topological polar surface area (TPSA) is 34.1 Å². The first kappa shape index (κ1) is 13.8. The van der Waals surface area contributed by atoms with Crippen LogP contribution in [0.1, 0.15) is 25.1 Å². The van der Waals surface area contributed by atoms with E-state index in [0.717, 1.165) is 35.3 Å². The maximum Gasteiger partial charge on any atom is 0.120 e. The molecule has 0 bridgehead atoms. The van der Waals surface area contributed by atoms with Crippen molar-refractivity contribution in [2.24, 2.45) is 0 Å². The molecule has 0 aliphatic rings. The second-order valence-corrected chi connectivity index (χ2v) is 5.11. The first-order valence-corrected chi connectivity index (χ1v) is 6.81. The Labute approximate surface area is 115 Å². The van der Waals surface area contributed by atoms with Crippen molar-refractivity contribution in [2.45, 2.75) is 33.3 Å². The molecule has 1 aromatic carbocycles. The smallest absolute Gasteiger partial charge is 0.120 e. The van der Waals surface area contributed by atoms with E-state index in [1.807, 2.05) is 33.0 Å². The predicted octanol–water partition coefficient (Wildman–Crippen LogP) is 3.09. The van der Waals surface area contributed by atoms with E-state index in [1.165, 1.54) is 5.56 Å². The third kappa shape index (κ3) is 3.44.